The molecule has 0 aromatic heterocycles. The minimum absolute atomic E-state index is 0.126. The number of amides is 2. The number of halogens is 1. The Morgan fingerprint density at radius 1 is 1.47 bits per heavy atom. The molecule has 0 bridgehead atoms. The molecule has 19 heavy (non-hydrogen) atoms. The molecule has 1 aliphatic rings. The maximum atomic E-state index is 12.1. The van der Waals surface area contributed by atoms with Crippen LogP contribution in [0.1, 0.15) is 5.56 Å². The minimum atomic E-state index is -0.559. The fourth-order valence-corrected chi connectivity index (χ4v) is 2.00. The Labute approximate surface area is 115 Å². The quantitative estimate of drug-likeness (QED) is 0.900. The highest BCUT2D eigenvalue weighted by atomic mass is 35.5. The molecular formula is C13H13ClN2O3. The van der Waals surface area contributed by atoms with Crippen molar-refractivity contribution in [3.8, 4) is 5.75 Å². The number of nitrogens with zero attached hydrogens (tertiary/aromatic N) is 1. The van der Waals surface area contributed by atoms with E-state index in [1.807, 2.05) is 0 Å². The zero-order valence-electron chi connectivity index (χ0n) is 10.4. The summed E-state index contributed by atoms with van der Waals surface area (Å²) in [6.07, 6.45) is 1.71. The zero-order valence-corrected chi connectivity index (χ0v) is 11.1. The van der Waals surface area contributed by atoms with Crippen LogP contribution in [0.3, 0.4) is 0 Å². The number of rotatable bonds is 3. The third-order valence-corrected chi connectivity index (χ3v) is 2.93. The number of hydrogen-bond acceptors (Lipinski definition) is 3. The van der Waals surface area contributed by atoms with Crippen LogP contribution >= 0.6 is 11.6 Å². The molecule has 0 radical (unpaired) electrons. The predicted molar refractivity (Wildman–Crippen MR) is 71.8 cm³/mol. The molecule has 0 unspecified atom stereocenters. The van der Waals surface area contributed by atoms with Gasteiger partial charge in [0.1, 0.15) is 12.4 Å². The van der Waals surface area contributed by atoms with Crippen LogP contribution in [0, 0.1) is 0 Å². The van der Waals surface area contributed by atoms with Gasteiger partial charge in [0.05, 0.1) is 12.1 Å². The Kier molecular flexibility index (Phi) is 3.76. The molecule has 1 aromatic rings. The Bertz CT molecular complexity index is 569. The first-order valence-electron chi connectivity index (χ1n) is 5.64. The number of hydrogen-bond donors (Lipinski definition) is 1. The van der Waals surface area contributed by atoms with Crippen molar-refractivity contribution in [1.82, 2.24) is 4.90 Å². The lowest BCUT2D eigenvalue weighted by atomic mass is 10.1. The molecule has 1 aliphatic heterocycles. The van der Waals surface area contributed by atoms with Crippen molar-refractivity contribution in [2.24, 2.45) is 5.73 Å². The average molecular weight is 281 g/mol. The van der Waals surface area contributed by atoms with Crippen LogP contribution in [0.25, 0.3) is 6.08 Å². The Hall–Kier alpha value is -2.01. The van der Waals surface area contributed by atoms with Crippen molar-refractivity contribution in [3.05, 3.63) is 34.4 Å². The molecule has 100 valence electrons. The lowest BCUT2D eigenvalue weighted by Crippen LogP contribution is -2.37. The standard InChI is InChI=1S/C13H13ClN2O3/c1-16(6-12(15)17)13(18)9-4-8-5-10(14)2-3-11(8)19-7-9/h2-5H,6-7H2,1H3,(H2,15,17). The first-order valence-corrected chi connectivity index (χ1v) is 6.02. The van der Waals surface area contributed by atoms with Crippen molar-refractivity contribution >= 4 is 29.5 Å². The highest BCUT2D eigenvalue weighted by molar-refractivity contribution is 6.30. The summed E-state index contributed by atoms with van der Waals surface area (Å²) in [5.74, 6) is -0.167. The predicted octanol–water partition coefficient (Wildman–Crippen LogP) is 1.06. The van der Waals surface area contributed by atoms with Gasteiger partial charge >= 0.3 is 0 Å². The van der Waals surface area contributed by atoms with Crippen LogP contribution in [-0.2, 0) is 9.59 Å². The summed E-state index contributed by atoms with van der Waals surface area (Å²) < 4.78 is 5.48. The van der Waals surface area contributed by atoms with Crippen molar-refractivity contribution in [2.45, 2.75) is 0 Å². The van der Waals surface area contributed by atoms with Crippen molar-refractivity contribution in [3.63, 3.8) is 0 Å². The van der Waals surface area contributed by atoms with E-state index in [2.05, 4.69) is 0 Å². The van der Waals surface area contributed by atoms with Crippen LogP contribution in [0.4, 0.5) is 0 Å². The van der Waals surface area contributed by atoms with E-state index in [9.17, 15) is 9.59 Å². The second-order valence-corrected chi connectivity index (χ2v) is 4.70. The van der Waals surface area contributed by atoms with Gasteiger partial charge in [-0.3, -0.25) is 9.59 Å². The summed E-state index contributed by atoms with van der Waals surface area (Å²) in [5, 5.41) is 0.567. The second-order valence-electron chi connectivity index (χ2n) is 4.27. The second kappa shape index (κ2) is 5.32. The first-order chi connectivity index (χ1) is 8.97. The monoisotopic (exact) mass is 280 g/mol. The van der Waals surface area contributed by atoms with E-state index >= 15 is 0 Å². The summed E-state index contributed by atoms with van der Waals surface area (Å²) >= 11 is 5.89. The molecule has 0 saturated carbocycles. The van der Waals surface area contributed by atoms with Crippen molar-refractivity contribution < 1.29 is 14.3 Å². The number of ether oxygens (including phenoxy) is 1. The molecule has 2 amide bonds. The fraction of sp³-hybridized carbons (Fsp3) is 0.231. The van der Waals surface area contributed by atoms with E-state index in [-0.39, 0.29) is 19.1 Å². The van der Waals surface area contributed by atoms with E-state index in [0.29, 0.717) is 16.3 Å². The molecule has 1 heterocycles. The lowest BCUT2D eigenvalue weighted by Gasteiger charge is -2.21. The van der Waals surface area contributed by atoms with Gasteiger partial charge in [0.15, 0.2) is 0 Å². The summed E-state index contributed by atoms with van der Waals surface area (Å²) in [5.41, 5.74) is 6.26. The normalized spacial score (nSPS) is 13.1. The summed E-state index contributed by atoms with van der Waals surface area (Å²) in [4.78, 5) is 24.1. The number of carbonyl (C=O) groups is 2. The molecule has 6 heteroatoms. The maximum absolute atomic E-state index is 12.1. The molecule has 1 aromatic carbocycles. The molecule has 0 spiro atoms. The van der Waals surface area contributed by atoms with E-state index in [4.69, 9.17) is 22.1 Å². The number of benzene rings is 1. The highest BCUT2D eigenvalue weighted by Gasteiger charge is 2.21. The lowest BCUT2D eigenvalue weighted by molar-refractivity contribution is -0.130. The SMILES string of the molecule is CN(CC(N)=O)C(=O)C1=Cc2cc(Cl)ccc2OC1. The van der Waals surface area contributed by atoms with Gasteiger partial charge in [-0.25, -0.2) is 0 Å². The third-order valence-electron chi connectivity index (χ3n) is 2.70. The molecule has 2 rings (SSSR count). The van der Waals surface area contributed by atoms with Gasteiger partial charge in [-0.1, -0.05) is 11.6 Å². The summed E-state index contributed by atoms with van der Waals surface area (Å²) in [6.45, 7) is 0.0368. The first kappa shape index (κ1) is 13.4. The molecule has 0 aliphatic carbocycles. The Morgan fingerprint density at radius 3 is 2.89 bits per heavy atom. The third kappa shape index (κ3) is 3.06. The van der Waals surface area contributed by atoms with Gasteiger partial charge < -0.3 is 15.4 Å². The van der Waals surface area contributed by atoms with E-state index in [1.165, 1.54) is 11.9 Å². The van der Waals surface area contributed by atoms with Crippen LogP contribution in [0.5, 0.6) is 5.75 Å². The smallest absolute Gasteiger partial charge is 0.253 e. The zero-order chi connectivity index (χ0) is 14.0. The number of nitrogens with two attached hydrogens (primary N) is 1. The van der Waals surface area contributed by atoms with Gasteiger partial charge in [-0.05, 0) is 24.3 Å². The average Bonchev–Trinajstić information content (AvgIpc) is 2.36. The largest absolute Gasteiger partial charge is 0.488 e. The Morgan fingerprint density at radius 2 is 2.21 bits per heavy atom. The number of primary amides is 1. The molecule has 0 fully saturated rings. The van der Waals surface area contributed by atoms with Crippen LogP contribution < -0.4 is 10.5 Å². The Balaban J connectivity index is 2.23. The van der Waals surface area contributed by atoms with Gasteiger partial charge in [0.25, 0.3) is 5.91 Å². The number of carbonyl (C=O) groups excluding carboxylic acids is 2. The minimum Gasteiger partial charge on any atom is -0.488 e. The number of fused-ring (bicyclic) bond motifs is 1. The summed E-state index contributed by atoms with van der Waals surface area (Å²) in [7, 11) is 1.52. The molecule has 0 atom stereocenters. The number of likely N-dealkylation sites (N-methyl/N-ethyl adjacent to an activating group) is 1. The molecule has 0 saturated heterocycles. The summed E-state index contributed by atoms with van der Waals surface area (Å²) in [6, 6.07) is 5.19. The van der Waals surface area contributed by atoms with E-state index in [1.54, 1.807) is 24.3 Å². The van der Waals surface area contributed by atoms with Crippen molar-refractivity contribution in [1.29, 1.82) is 0 Å². The molecule has 2 N–H and O–H groups in total. The highest BCUT2D eigenvalue weighted by Crippen LogP contribution is 2.29. The molecular weight excluding hydrogens is 268 g/mol. The van der Waals surface area contributed by atoms with Crippen molar-refractivity contribution in [2.75, 3.05) is 20.2 Å². The van der Waals surface area contributed by atoms with E-state index < -0.39 is 5.91 Å². The van der Waals surface area contributed by atoms with Crippen LogP contribution in [-0.4, -0.2) is 36.9 Å². The van der Waals surface area contributed by atoms with Crippen LogP contribution in [0.2, 0.25) is 5.02 Å². The van der Waals surface area contributed by atoms with Gasteiger partial charge in [0.2, 0.25) is 5.91 Å². The topological polar surface area (TPSA) is 72.6 Å². The van der Waals surface area contributed by atoms with Crippen LogP contribution in [0.15, 0.2) is 23.8 Å². The van der Waals surface area contributed by atoms with Gasteiger partial charge in [0, 0.05) is 17.6 Å². The maximum Gasteiger partial charge on any atom is 0.253 e. The van der Waals surface area contributed by atoms with Gasteiger partial charge in [-0.2, -0.15) is 0 Å². The fourth-order valence-electron chi connectivity index (χ4n) is 1.82. The molecule has 5 nitrogen and oxygen atoms in total. The van der Waals surface area contributed by atoms with Gasteiger partial charge in [-0.15, -0.1) is 0 Å². The van der Waals surface area contributed by atoms with E-state index in [0.717, 1.165) is 5.56 Å².